The number of rotatable bonds is 5. The van der Waals surface area contributed by atoms with Gasteiger partial charge in [-0.2, -0.15) is 0 Å². The van der Waals surface area contributed by atoms with Crippen LogP contribution in [-0.2, 0) is 16.1 Å². The monoisotopic (exact) mass is 305 g/mol. The number of amides is 1. The molecule has 120 valence electrons. The molecular weight excluding hydrogens is 282 g/mol. The highest BCUT2D eigenvalue weighted by atomic mass is 16.4. The Labute approximate surface area is 130 Å². The zero-order chi connectivity index (χ0) is 16.1. The number of carboxylic acid groups (broad SMARTS) is 1. The molecule has 6 nitrogen and oxygen atoms in total. The summed E-state index contributed by atoms with van der Waals surface area (Å²) in [5, 5.41) is 11.1. The van der Waals surface area contributed by atoms with E-state index in [0.29, 0.717) is 6.54 Å². The minimum atomic E-state index is -1.03. The molecule has 2 N–H and O–H groups in total. The second kappa shape index (κ2) is 7.26. The summed E-state index contributed by atoms with van der Waals surface area (Å²) in [4.78, 5) is 26.8. The van der Waals surface area contributed by atoms with E-state index in [2.05, 4.69) is 41.2 Å². The first-order valence-corrected chi connectivity index (χ1v) is 7.52. The van der Waals surface area contributed by atoms with Crippen molar-refractivity contribution < 1.29 is 14.7 Å². The van der Waals surface area contributed by atoms with E-state index in [1.54, 1.807) is 0 Å². The van der Waals surface area contributed by atoms with Gasteiger partial charge in [-0.25, -0.2) is 0 Å². The molecule has 0 aliphatic carbocycles. The fourth-order valence-corrected chi connectivity index (χ4v) is 2.88. The Morgan fingerprint density at radius 1 is 1.36 bits per heavy atom. The number of likely N-dealkylation sites (N-methyl/N-ethyl adjacent to an activating group) is 1. The third kappa shape index (κ3) is 3.98. The molecule has 0 bridgehead atoms. The Morgan fingerprint density at radius 3 is 2.77 bits per heavy atom. The quantitative estimate of drug-likeness (QED) is 0.846. The molecule has 0 saturated carbocycles. The van der Waals surface area contributed by atoms with Crippen molar-refractivity contribution in [2.45, 2.75) is 25.9 Å². The summed E-state index contributed by atoms with van der Waals surface area (Å²) in [6.45, 7) is 3.53. The Kier molecular flexibility index (Phi) is 5.38. The zero-order valence-electron chi connectivity index (χ0n) is 13.1. The molecule has 0 saturated heterocycles. The molecule has 2 rings (SSSR count). The fourth-order valence-electron chi connectivity index (χ4n) is 2.88. The average Bonchev–Trinajstić information content (AvgIpc) is 2.62. The highest BCUT2D eigenvalue weighted by molar-refractivity contribution is 5.82. The summed E-state index contributed by atoms with van der Waals surface area (Å²) in [5.74, 6) is -1.27. The van der Waals surface area contributed by atoms with Crippen LogP contribution in [0.15, 0.2) is 24.3 Å². The van der Waals surface area contributed by atoms with Gasteiger partial charge < -0.3 is 15.3 Å². The van der Waals surface area contributed by atoms with Gasteiger partial charge in [0.1, 0.15) is 6.54 Å². The predicted octanol–water partition coefficient (Wildman–Crippen LogP) is 0.918. The van der Waals surface area contributed by atoms with Crippen molar-refractivity contribution in [3.8, 4) is 0 Å². The molecule has 1 aliphatic rings. The smallest absolute Gasteiger partial charge is 0.322 e. The van der Waals surface area contributed by atoms with Crippen LogP contribution in [0.25, 0.3) is 0 Å². The molecular formula is C16H23N3O3. The third-order valence-electron chi connectivity index (χ3n) is 4.03. The van der Waals surface area contributed by atoms with Crippen LogP contribution in [0.2, 0.25) is 0 Å². The second-order valence-electron chi connectivity index (χ2n) is 5.65. The lowest BCUT2D eigenvalue weighted by atomic mass is 10.1. The minimum Gasteiger partial charge on any atom is -0.480 e. The van der Waals surface area contributed by atoms with E-state index in [1.807, 2.05) is 12.1 Å². The molecule has 1 atom stereocenters. The summed E-state index contributed by atoms with van der Waals surface area (Å²) >= 11 is 0. The second-order valence-corrected chi connectivity index (χ2v) is 5.65. The number of carbonyl (C=O) groups is 2. The molecule has 1 heterocycles. The van der Waals surface area contributed by atoms with Crippen molar-refractivity contribution in [3.63, 3.8) is 0 Å². The van der Waals surface area contributed by atoms with E-state index < -0.39 is 5.97 Å². The lowest BCUT2D eigenvalue weighted by Crippen LogP contribution is -2.45. The van der Waals surface area contributed by atoms with Crippen LogP contribution in [0.1, 0.15) is 18.9 Å². The average molecular weight is 305 g/mol. The molecule has 0 aromatic heterocycles. The number of aliphatic carboxylic acids is 1. The maximum absolute atomic E-state index is 12.0. The topological polar surface area (TPSA) is 72.9 Å². The van der Waals surface area contributed by atoms with E-state index in [-0.39, 0.29) is 25.0 Å². The number of para-hydroxylation sites is 1. The zero-order valence-corrected chi connectivity index (χ0v) is 13.1. The highest BCUT2D eigenvalue weighted by Gasteiger charge is 2.26. The van der Waals surface area contributed by atoms with Gasteiger partial charge in [-0.3, -0.25) is 14.5 Å². The molecule has 0 fully saturated rings. The summed E-state index contributed by atoms with van der Waals surface area (Å²) < 4.78 is 0. The first kappa shape index (κ1) is 16.3. The van der Waals surface area contributed by atoms with Crippen LogP contribution in [-0.4, -0.2) is 54.6 Å². The molecule has 0 radical (unpaired) electrons. The third-order valence-corrected chi connectivity index (χ3v) is 4.03. The van der Waals surface area contributed by atoms with Crippen molar-refractivity contribution in [1.29, 1.82) is 0 Å². The number of anilines is 1. The standard InChI is InChI=1S/C16H23N3O3/c1-3-13-10-18(2)14-7-5-4-6-12(14)9-19(13)11-15(20)17-8-16(21)22/h4-7,13H,3,8-11H2,1-2H3,(H,17,20)(H,21,22). The van der Waals surface area contributed by atoms with Gasteiger partial charge in [-0.05, 0) is 18.1 Å². The molecule has 1 amide bonds. The van der Waals surface area contributed by atoms with Crippen molar-refractivity contribution in [2.75, 3.05) is 31.6 Å². The van der Waals surface area contributed by atoms with Gasteiger partial charge in [0.25, 0.3) is 0 Å². The molecule has 22 heavy (non-hydrogen) atoms. The number of benzene rings is 1. The van der Waals surface area contributed by atoms with Gasteiger partial charge >= 0.3 is 5.97 Å². The van der Waals surface area contributed by atoms with E-state index in [0.717, 1.165) is 13.0 Å². The van der Waals surface area contributed by atoms with Gasteiger partial charge in [0.2, 0.25) is 5.91 Å². The molecule has 1 aliphatic heterocycles. The van der Waals surface area contributed by atoms with E-state index >= 15 is 0 Å². The van der Waals surface area contributed by atoms with Crippen LogP contribution in [0.3, 0.4) is 0 Å². The summed E-state index contributed by atoms with van der Waals surface area (Å²) in [6, 6.07) is 8.45. The van der Waals surface area contributed by atoms with Crippen molar-refractivity contribution in [2.24, 2.45) is 0 Å². The molecule has 6 heteroatoms. The van der Waals surface area contributed by atoms with Crippen LogP contribution >= 0.6 is 0 Å². The number of nitrogens with zero attached hydrogens (tertiary/aromatic N) is 2. The summed E-state index contributed by atoms with van der Waals surface area (Å²) in [6.07, 6.45) is 0.935. The Hall–Kier alpha value is -2.08. The van der Waals surface area contributed by atoms with Crippen LogP contribution in [0.5, 0.6) is 0 Å². The maximum atomic E-state index is 12.0. The molecule has 1 aromatic rings. The first-order valence-electron chi connectivity index (χ1n) is 7.52. The number of carboxylic acids is 1. The summed E-state index contributed by atoms with van der Waals surface area (Å²) in [7, 11) is 2.06. The lowest BCUT2D eigenvalue weighted by molar-refractivity contribution is -0.138. The van der Waals surface area contributed by atoms with Crippen molar-refractivity contribution in [3.05, 3.63) is 29.8 Å². The largest absolute Gasteiger partial charge is 0.480 e. The number of fused-ring (bicyclic) bond motifs is 1. The molecule has 1 aromatic carbocycles. The predicted molar refractivity (Wildman–Crippen MR) is 84.8 cm³/mol. The molecule has 1 unspecified atom stereocenters. The number of nitrogens with one attached hydrogen (secondary N) is 1. The lowest BCUT2D eigenvalue weighted by Gasteiger charge is -2.29. The normalized spacial score (nSPS) is 18.5. The van der Waals surface area contributed by atoms with E-state index in [9.17, 15) is 9.59 Å². The van der Waals surface area contributed by atoms with E-state index in [4.69, 9.17) is 5.11 Å². The number of hydrogen-bond acceptors (Lipinski definition) is 4. The van der Waals surface area contributed by atoms with Crippen molar-refractivity contribution >= 4 is 17.6 Å². The first-order chi connectivity index (χ1) is 10.5. The molecule has 0 spiro atoms. The Morgan fingerprint density at radius 2 is 2.09 bits per heavy atom. The van der Waals surface area contributed by atoms with Gasteiger partial charge in [0, 0.05) is 31.9 Å². The fraction of sp³-hybridized carbons (Fsp3) is 0.500. The number of hydrogen-bond donors (Lipinski definition) is 2. The Bertz CT molecular complexity index is 547. The maximum Gasteiger partial charge on any atom is 0.322 e. The van der Waals surface area contributed by atoms with Gasteiger partial charge in [0.05, 0.1) is 6.54 Å². The SMILES string of the molecule is CCC1CN(C)c2ccccc2CN1CC(=O)NCC(=O)O. The summed E-state index contributed by atoms with van der Waals surface area (Å²) in [5.41, 5.74) is 2.38. The van der Waals surface area contributed by atoms with Gasteiger partial charge in [-0.15, -0.1) is 0 Å². The van der Waals surface area contributed by atoms with E-state index in [1.165, 1.54) is 11.3 Å². The Balaban J connectivity index is 2.11. The van der Waals surface area contributed by atoms with Crippen molar-refractivity contribution in [1.82, 2.24) is 10.2 Å². The highest BCUT2D eigenvalue weighted by Crippen LogP contribution is 2.26. The van der Waals surface area contributed by atoms with Crippen LogP contribution in [0, 0.1) is 0 Å². The minimum absolute atomic E-state index is 0.216. The van der Waals surface area contributed by atoms with Crippen LogP contribution in [0.4, 0.5) is 5.69 Å². The van der Waals surface area contributed by atoms with Crippen LogP contribution < -0.4 is 10.2 Å². The van der Waals surface area contributed by atoms with Gasteiger partial charge in [0.15, 0.2) is 0 Å². The number of carbonyl (C=O) groups excluding carboxylic acids is 1. The van der Waals surface area contributed by atoms with Gasteiger partial charge in [-0.1, -0.05) is 25.1 Å².